The zero-order valence-electron chi connectivity index (χ0n) is 12.3. The second-order valence-electron chi connectivity index (χ2n) is 5.61. The molecule has 0 radical (unpaired) electrons. The highest BCUT2D eigenvalue weighted by atomic mass is 16.5. The number of benzene rings is 2. The summed E-state index contributed by atoms with van der Waals surface area (Å²) < 4.78 is 6.02. The van der Waals surface area contributed by atoms with Crippen molar-refractivity contribution in [2.45, 2.75) is 0 Å². The first-order chi connectivity index (χ1) is 10.6. The summed E-state index contributed by atoms with van der Waals surface area (Å²) in [4.78, 5) is 16.7. The smallest absolute Gasteiger partial charge is 0.255 e. The van der Waals surface area contributed by atoms with Crippen LogP contribution in [0.5, 0.6) is 11.5 Å². The molecule has 3 N–H and O–H groups in total. The van der Waals surface area contributed by atoms with Gasteiger partial charge in [-0.15, -0.1) is 0 Å². The summed E-state index contributed by atoms with van der Waals surface area (Å²) in [5.41, 5.74) is 9.43. The lowest BCUT2D eigenvalue weighted by Crippen LogP contribution is -2.13. The van der Waals surface area contributed by atoms with Gasteiger partial charge in [-0.3, -0.25) is 4.79 Å². The zero-order valence-corrected chi connectivity index (χ0v) is 12.3. The van der Waals surface area contributed by atoms with Crippen LogP contribution in [0, 0.1) is 0 Å². The molecular weight excluding hydrogens is 278 g/mol. The van der Waals surface area contributed by atoms with E-state index in [1.54, 1.807) is 12.3 Å². The summed E-state index contributed by atoms with van der Waals surface area (Å²) in [7, 11) is 3.88. The van der Waals surface area contributed by atoms with Gasteiger partial charge in [-0.2, -0.15) is 0 Å². The fourth-order valence-electron chi connectivity index (χ4n) is 2.97. The standard InChI is InChI=1S/C17H15N3O2/c1-20(2)13-7-15-10(6-12(13)18)11-8-19-17(21)9-4-3-5-14(22-15)16(9)11/h3-8H,18H2,1-2H3,(H,19,21). The van der Waals surface area contributed by atoms with E-state index >= 15 is 0 Å². The predicted molar refractivity (Wildman–Crippen MR) is 88.8 cm³/mol. The minimum Gasteiger partial charge on any atom is -0.456 e. The summed E-state index contributed by atoms with van der Waals surface area (Å²) >= 11 is 0. The predicted octanol–water partition coefficient (Wildman–Crippen LogP) is 2.95. The number of aromatic amines is 1. The molecule has 0 saturated carbocycles. The van der Waals surface area contributed by atoms with E-state index in [9.17, 15) is 4.79 Å². The van der Waals surface area contributed by atoms with E-state index in [1.165, 1.54) is 0 Å². The van der Waals surface area contributed by atoms with Crippen molar-refractivity contribution in [3.05, 3.63) is 46.9 Å². The molecule has 0 aliphatic carbocycles. The van der Waals surface area contributed by atoms with Crippen LogP contribution in [0.25, 0.3) is 21.9 Å². The molecule has 0 saturated heterocycles. The van der Waals surface area contributed by atoms with Gasteiger partial charge in [0.1, 0.15) is 11.5 Å². The molecule has 4 rings (SSSR count). The minimum absolute atomic E-state index is 0.120. The highest BCUT2D eigenvalue weighted by molar-refractivity contribution is 6.04. The van der Waals surface area contributed by atoms with Crippen LogP contribution in [-0.2, 0) is 0 Å². The summed E-state index contributed by atoms with van der Waals surface area (Å²) in [6.07, 6.45) is 1.73. The number of nitrogens with one attached hydrogen (secondary N) is 1. The molecule has 2 aromatic carbocycles. The Hall–Kier alpha value is -2.95. The average molecular weight is 293 g/mol. The Balaban J connectivity index is 2.10. The summed E-state index contributed by atoms with van der Waals surface area (Å²) in [6.45, 7) is 0. The minimum atomic E-state index is -0.120. The molecule has 1 aliphatic rings. The van der Waals surface area contributed by atoms with Crippen LogP contribution in [-0.4, -0.2) is 19.1 Å². The third kappa shape index (κ3) is 1.62. The number of nitrogens with zero attached hydrogens (tertiary/aromatic N) is 1. The van der Waals surface area contributed by atoms with Crippen LogP contribution in [0.1, 0.15) is 0 Å². The highest BCUT2D eigenvalue weighted by Crippen LogP contribution is 2.47. The largest absolute Gasteiger partial charge is 0.456 e. The van der Waals surface area contributed by atoms with Gasteiger partial charge < -0.3 is 20.4 Å². The van der Waals surface area contributed by atoms with Gasteiger partial charge in [-0.05, 0) is 18.2 Å². The molecule has 0 atom stereocenters. The zero-order chi connectivity index (χ0) is 15.4. The number of ether oxygens (including phenoxy) is 1. The SMILES string of the molecule is CN(C)c1cc2c(cc1N)-c1c[nH]c(=O)c3cccc(c13)O2. The number of aromatic nitrogens is 1. The third-order valence-corrected chi connectivity index (χ3v) is 4.01. The molecule has 0 amide bonds. The Bertz CT molecular complexity index is 974. The van der Waals surface area contributed by atoms with E-state index in [1.807, 2.05) is 43.3 Å². The van der Waals surface area contributed by atoms with Crippen LogP contribution in [0.4, 0.5) is 11.4 Å². The molecule has 110 valence electrons. The summed E-state index contributed by atoms with van der Waals surface area (Å²) in [6, 6.07) is 9.32. The second kappa shape index (κ2) is 4.27. The molecule has 0 fully saturated rings. The van der Waals surface area contributed by atoms with E-state index in [2.05, 4.69) is 4.98 Å². The van der Waals surface area contributed by atoms with Crippen LogP contribution in [0.3, 0.4) is 0 Å². The van der Waals surface area contributed by atoms with Gasteiger partial charge in [0.15, 0.2) is 0 Å². The van der Waals surface area contributed by atoms with Crippen molar-refractivity contribution >= 4 is 22.1 Å². The Morgan fingerprint density at radius 2 is 1.95 bits per heavy atom. The first kappa shape index (κ1) is 12.8. The average Bonchev–Trinajstić information content (AvgIpc) is 2.50. The number of fused-ring (bicyclic) bond motifs is 2. The molecule has 5 nitrogen and oxygen atoms in total. The van der Waals surface area contributed by atoms with Crippen molar-refractivity contribution in [3.8, 4) is 22.6 Å². The van der Waals surface area contributed by atoms with Crippen molar-refractivity contribution in [2.24, 2.45) is 0 Å². The Morgan fingerprint density at radius 3 is 2.73 bits per heavy atom. The topological polar surface area (TPSA) is 71.3 Å². The Kier molecular flexibility index (Phi) is 2.48. The van der Waals surface area contributed by atoms with Crippen LogP contribution < -0.4 is 20.9 Å². The van der Waals surface area contributed by atoms with Gasteiger partial charge in [0, 0.05) is 42.9 Å². The Morgan fingerprint density at radius 1 is 1.14 bits per heavy atom. The van der Waals surface area contributed by atoms with Crippen LogP contribution in [0.2, 0.25) is 0 Å². The highest BCUT2D eigenvalue weighted by Gasteiger charge is 2.22. The number of rotatable bonds is 1. The maximum absolute atomic E-state index is 12.0. The first-order valence-electron chi connectivity index (χ1n) is 7.00. The van der Waals surface area contributed by atoms with Crippen LogP contribution >= 0.6 is 0 Å². The number of pyridine rings is 1. The number of nitrogen functional groups attached to an aromatic ring is 1. The molecule has 1 aliphatic heterocycles. The van der Waals surface area contributed by atoms with Gasteiger partial charge in [0.05, 0.1) is 16.8 Å². The first-order valence-corrected chi connectivity index (χ1v) is 7.00. The number of nitrogens with two attached hydrogens (primary N) is 1. The van der Waals surface area contributed by atoms with Crippen molar-refractivity contribution < 1.29 is 4.74 Å². The van der Waals surface area contributed by atoms with E-state index < -0.39 is 0 Å². The van der Waals surface area contributed by atoms with Crippen LogP contribution in [0.15, 0.2) is 41.3 Å². The quantitative estimate of drug-likeness (QED) is 0.529. The monoisotopic (exact) mass is 293 g/mol. The number of hydrogen-bond acceptors (Lipinski definition) is 4. The number of H-pyrrole nitrogens is 1. The maximum Gasteiger partial charge on any atom is 0.255 e. The number of hydrogen-bond donors (Lipinski definition) is 2. The second-order valence-corrected chi connectivity index (χ2v) is 5.61. The van der Waals surface area contributed by atoms with Gasteiger partial charge in [-0.1, -0.05) is 6.07 Å². The lowest BCUT2D eigenvalue weighted by Gasteiger charge is -2.24. The molecule has 1 aromatic heterocycles. The van der Waals surface area contributed by atoms with E-state index in [-0.39, 0.29) is 5.56 Å². The summed E-state index contributed by atoms with van der Waals surface area (Å²) in [5, 5.41) is 1.45. The van der Waals surface area contributed by atoms with Crippen molar-refractivity contribution in [1.29, 1.82) is 0 Å². The summed E-state index contributed by atoms with van der Waals surface area (Å²) in [5.74, 6) is 1.44. The fourth-order valence-corrected chi connectivity index (χ4v) is 2.97. The van der Waals surface area contributed by atoms with E-state index in [0.717, 1.165) is 28.0 Å². The van der Waals surface area contributed by atoms with Crippen molar-refractivity contribution in [1.82, 2.24) is 4.98 Å². The lowest BCUT2D eigenvalue weighted by atomic mass is 9.96. The molecule has 0 spiro atoms. The van der Waals surface area contributed by atoms with Gasteiger partial charge in [-0.25, -0.2) is 0 Å². The fraction of sp³-hybridized carbons (Fsp3) is 0.118. The van der Waals surface area contributed by atoms with Gasteiger partial charge >= 0.3 is 0 Å². The molecule has 3 aromatic rings. The molecule has 5 heteroatoms. The van der Waals surface area contributed by atoms with Crippen molar-refractivity contribution in [2.75, 3.05) is 24.7 Å². The van der Waals surface area contributed by atoms with Gasteiger partial charge in [0.25, 0.3) is 5.56 Å². The number of anilines is 2. The maximum atomic E-state index is 12.0. The van der Waals surface area contributed by atoms with E-state index in [0.29, 0.717) is 16.8 Å². The molecule has 0 unspecified atom stereocenters. The normalized spacial score (nSPS) is 11.9. The van der Waals surface area contributed by atoms with E-state index in [4.69, 9.17) is 10.5 Å². The molecule has 22 heavy (non-hydrogen) atoms. The Labute approximate surface area is 126 Å². The van der Waals surface area contributed by atoms with Gasteiger partial charge in [0.2, 0.25) is 0 Å². The molecule has 0 bridgehead atoms. The lowest BCUT2D eigenvalue weighted by molar-refractivity contribution is 0.487. The molecular formula is C17H15N3O2. The molecule has 2 heterocycles. The van der Waals surface area contributed by atoms with Crippen molar-refractivity contribution in [3.63, 3.8) is 0 Å². The third-order valence-electron chi connectivity index (χ3n) is 4.01.